The molecule has 1 unspecified atom stereocenters. The van der Waals surface area contributed by atoms with E-state index >= 15 is 0 Å². The Morgan fingerprint density at radius 2 is 1.82 bits per heavy atom. The van der Waals surface area contributed by atoms with Crippen LogP contribution < -0.4 is 10.2 Å². The van der Waals surface area contributed by atoms with Crippen molar-refractivity contribution in [2.75, 3.05) is 31.1 Å². The Balaban J connectivity index is 1.86. The minimum absolute atomic E-state index is 0.0122. The average Bonchev–Trinajstić information content (AvgIpc) is 3.33. The summed E-state index contributed by atoms with van der Waals surface area (Å²) in [7, 11) is 0. The van der Waals surface area contributed by atoms with Crippen molar-refractivity contribution in [3.8, 4) is 16.5 Å². The van der Waals surface area contributed by atoms with E-state index in [2.05, 4.69) is 60.5 Å². The van der Waals surface area contributed by atoms with Gasteiger partial charge in [-0.05, 0) is 78.9 Å². The van der Waals surface area contributed by atoms with Crippen molar-refractivity contribution < 1.29 is 9.90 Å². The molecule has 0 saturated heterocycles. The number of fused-ring (bicyclic) bond motifs is 1. The van der Waals surface area contributed by atoms with Crippen LogP contribution in [-0.2, 0) is 4.79 Å². The Bertz CT molecular complexity index is 1200. The summed E-state index contributed by atoms with van der Waals surface area (Å²) in [6, 6.07) is 19.1. The second-order valence-electron chi connectivity index (χ2n) is 8.19. The summed E-state index contributed by atoms with van der Waals surface area (Å²) in [5.74, 6) is -0.460. The zero-order valence-electron chi connectivity index (χ0n) is 19.7. The molecule has 0 aliphatic heterocycles. The maximum atomic E-state index is 12.5. The third-order valence-electron chi connectivity index (χ3n) is 5.85. The van der Waals surface area contributed by atoms with E-state index in [0.717, 1.165) is 28.4 Å². The monoisotopic (exact) mass is 461 g/mol. The van der Waals surface area contributed by atoms with Crippen LogP contribution in [0, 0.1) is 17.2 Å². The number of carbonyl (C=O) groups is 1. The van der Waals surface area contributed by atoms with Crippen LogP contribution >= 0.6 is 11.3 Å². The SMILES string of the molecule is CCN(CC)c1ccc2cc(-c3ccc(/C(C)=C(\C#N)C(=O)NCC(C)CO)s3)ccc2c1. The van der Waals surface area contributed by atoms with Gasteiger partial charge in [-0.2, -0.15) is 5.26 Å². The van der Waals surface area contributed by atoms with Gasteiger partial charge in [0.05, 0.1) is 0 Å². The Kier molecular flexibility index (Phi) is 8.26. The topological polar surface area (TPSA) is 76.4 Å². The minimum Gasteiger partial charge on any atom is -0.396 e. The van der Waals surface area contributed by atoms with Gasteiger partial charge in [0.15, 0.2) is 0 Å². The third-order valence-corrected chi connectivity index (χ3v) is 7.10. The lowest BCUT2D eigenvalue weighted by Crippen LogP contribution is -2.30. The third kappa shape index (κ3) is 5.62. The smallest absolute Gasteiger partial charge is 0.262 e. The molecule has 5 nitrogen and oxygen atoms in total. The van der Waals surface area contributed by atoms with Crippen LogP contribution in [0.4, 0.5) is 5.69 Å². The van der Waals surface area contributed by atoms with Crippen LogP contribution in [0.15, 0.2) is 54.1 Å². The standard InChI is InChI=1S/C27H31N3O2S/c1-5-30(6-2)23-10-9-20-13-22(8-7-21(20)14-23)26-12-11-25(33-26)19(4)24(15-28)27(32)29-16-18(3)17-31/h7-14,18,31H,5-6,16-17H2,1-4H3,(H,29,32)/b24-19+. The largest absolute Gasteiger partial charge is 0.396 e. The molecule has 2 N–H and O–H groups in total. The number of nitrogens with zero attached hydrogens (tertiary/aromatic N) is 2. The van der Waals surface area contributed by atoms with E-state index in [0.29, 0.717) is 12.1 Å². The zero-order chi connectivity index (χ0) is 24.0. The molecule has 33 heavy (non-hydrogen) atoms. The average molecular weight is 462 g/mol. The number of amides is 1. The lowest BCUT2D eigenvalue weighted by atomic mass is 10.0. The molecule has 1 aromatic heterocycles. The lowest BCUT2D eigenvalue weighted by Gasteiger charge is -2.21. The quantitative estimate of drug-likeness (QED) is 0.328. The van der Waals surface area contributed by atoms with E-state index in [1.807, 2.05) is 25.1 Å². The van der Waals surface area contributed by atoms with Gasteiger partial charge in [-0.3, -0.25) is 4.79 Å². The fraction of sp³-hybridized carbons (Fsp3) is 0.333. The molecule has 0 aliphatic rings. The van der Waals surface area contributed by atoms with Crippen molar-refractivity contribution in [1.82, 2.24) is 5.32 Å². The van der Waals surface area contributed by atoms with Gasteiger partial charge < -0.3 is 15.3 Å². The minimum atomic E-state index is -0.403. The molecule has 3 aromatic rings. The number of benzene rings is 2. The molecule has 2 aromatic carbocycles. The second-order valence-corrected chi connectivity index (χ2v) is 9.28. The Hall–Kier alpha value is -3.14. The summed E-state index contributed by atoms with van der Waals surface area (Å²) in [6.45, 7) is 10.2. The number of hydrogen-bond donors (Lipinski definition) is 2. The van der Waals surface area contributed by atoms with E-state index in [1.165, 1.54) is 16.5 Å². The normalized spacial score (nSPS) is 12.7. The van der Waals surface area contributed by atoms with E-state index in [-0.39, 0.29) is 18.1 Å². The van der Waals surface area contributed by atoms with Crippen molar-refractivity contribution in [3.63, 3.8) is 0 Å². The van der Waals surface area contributed by atoms with Crippen LogP contribution in [0.3, 0.4) is 0 Å². The highest BCUT2D eigenvalue weighted by Crippen LogP contribution is 2.35. The molecule has 1 heterocycles. The number of aliphatic hydroxyl groups excluding tert-OH is 1. The molecule has 172 valence electrons. The van der Waals surface area contributed by atoms with Crippen LogP contribution in [0.5, 0.6) is 0 Å². The van der Waals surface area contributed by atoms with Gasteiger partial charge in [-0.25, -0.2) is 0 Å². The summed E-state index contributed by atoms with van der Waals surface area (Å²) >= 11 is 1.57. The highest BCUT2D eigenvalue weighted by Gasteiger charge is 2.16. The molecule has 3 rings (SSSR count). The highest BCUT2D eigenvalue weighted by atomic mass is 32.1. The maximum Gasteiger partial charge on any atom is 0.262 e. The Labute approximate surface area is 200 Å². The molecule has 0 bridgehead atoms. The number of thiophene rings is 1. The molecule has 6 heteroatoms. The molecule has 1 amide bonds. The van der Waals surface area contributed by atoms with Gasteiger partial charge in [-0.15, -0.1) is 11.3 Å². The summed E-state index contributed by atoms with van der Waals surface area (Å²) in [6.07, 6.45) is 0. The molecule has 0 radical (unpaired) electrons. The number of hydrogen-bond acceptors (Lipinski definition) is 5. The molecule has 1 atom stereocenters. The summed E-state index contributed by atoms with van der Waals surface area (Å²) in [4.78, 5) is 16.8. The maximum absolute atomic E-state index is 12.5. The van der Waals surface area contributed by atoms with Gasteiger partial charge >= 0.3 is 0 Å². The number of anilines is 1. The van der Waals surface area contributed by atoms with Crippen LogP contribution in [0.25, 0.3) is 26.8 Å². The van der Waals surface area contributed by atoms with Crippen LogP contribution in [0.1, 0.15) is 32.6 Å². The van der Waals surface area contributed by atoms with Gasteiger partial charge in [0.2, 0.25) is 0 Å². The molecular formula is C27H31N3O2S. The zero-order valence-corrected chi connectivity index (χ0v) is 20.5. The highest BCUT2D eigenvalue weighted by molar-refractivity contribution is 7.16. The van der Waals surface area contributed by atoms with E-state index in [4.69, 9.17) is 5.11 Å². The first kappa shape index (κ1) is 24.5. The second kappa shape index (κ2) is 11.1. The van der Waals surface area contributed by atoms with Crippen molar-refractivity contribution in [2.45, 2.75) is 27.7 Å². The Morgan fingerprint density at radius 3 is 2.48 bits per heavy atom. The van der Waals surface area contributed by atoms with Gasteiger partial charge in [-0.1, -0.05) is 25.1 Å². The molecule has 0 spiro atoms. The molecular weight excluding hydrogens is 430 g/mol. The van der Waals surface area contributed by atoms with Gasteiger partial charge in [0, 0.05) is 41.7 Å². The van der Waals surface area contributed by atoms with Crippen molar-refractivity contribution in [3.05, 3.63) is 59.0 Å². The van der Waals surface area contributed by atoms with Crippen molar-refractivity contribution in [1.29, 1.82) is 5.26 Å². The first-order chi connectivity index (χ1) is 15.9. The number of carbonyl (C=O) groups excluding carboxylic acids is 1. The van der Waals surface area contributed by atoms with Crippen LogP contribution in [0.2, 0.25) is 0 Å². The fourth-order valence-corrected chi connectivity index (χ4v) is 4.72. The lowest BCUT2D eigenvalue weighted by molar-refractivity contribution is -0.117. The molecule has 0 aliphatic carbocycles. The number of rotatable bonds is 9. The van der Waals surface area contributed by atoms with E-state index < -0.39 is 5.91 Å². The number of nitrogens with one attached hydrogen (secondary N) is 1. The number of nitriles is 1. The van der Waals surface area contributed by atoms with Gasteiger partial charge in [0.25, 0.3) is 5.91 Å². The molecule has 0 saturated carbocycles. The van der Waals surface area contributed by atoms with E-state index in [1.54, 1.807) is 18.3 Å². The number of allylic oxidation sites excluding steroid dienone is 1. The first-order valence-corrected chi connectivity index (χ1v) is 12.1. The number of aliphatic hydroxyl groups is 1. The first-order valence-electron chi connectivity index (χ1n) is 11.3. The summed E-state index contributed by atoms with van der Waals surface area (Å²) < 4.78 is 0. The fourth-order valence-electron chi connectivity index (χ4n) is 3.71. The van der Waals surface area contributed by atoms with E-state index in [9.17, 15) is 10.1 Å². The summed E-state index contributed by atoms with van der Waals surface area (Å²) in [5.41, 5.74) is 3.11. The predicted octanol–water partition coefficient (Wildman–Crippen LogP) is 5.46. The van der Waals surface area contributed by atoms with Crippen molar-refractivity contribution in [2.24, 2.45) is 5.92 Å². The summed E-state index contributed by atoms with van der Waals surface area (Å²) in [5, 5.41) is 23.8. The van der Waals surface area contributed by atoms with Crippen molar-refractivity contribution >= 4 is 39.3 Å². The Morgan fingerprint density at radius 1 is 1.12 bits per heavy atom. The predicted molar refractivity (Wildman–Crippen MR) is 138 cm³/mol. The van der Waals surface area contributed by atoms with Gasteiger partial charge in [0.1, 0.15) is 11.6 Å². The van der Waals surface area contributed by atoms with Crippen LogP contribution in [-0.4, -0.2) is 37.3 Å². The molecule has 0 fully saturated rings.